The van der Waals surface area contributed by atoms with E-state index in [9.17, 15) is 15.2 Å². The number of aliphatic hydroxyl groups is 1. The number of nitrogens with zero attached hydrogens (tertiary/aromatic N) is 3. The summed E-state index contributed by atoms with van der Waals surface area (Å²) in [6, 6.07) is 16.1. The first-order valence-electron chi connectivity index (χ1n) is 9.03. The second kappa shape index (κ2) is 7.78. The van der Waals surface area contributed by atoms with Crippen LogP contribution in [0.3, 0.4) is 0 Å². The van der Waals surface area contributed by atoms with E-state index in [0.29, 0.717) is 12.1 Å². The van der Waals surface area contributed by atoms with Gasteiger partial charge in [-0.15, -0.1) is 0 Å². The maximum absolute atomic E-state index is 11.7. The van der Waals surface area contributed by atoms with Gasteiger partial charge in [-0.3, -0.25) is 14.7 Å². The molecule has 2 aliphatic heterocycles. The fourth-order valence-corrected chi connectivity index (χ4v) is 4.03. The molecule has 142 valence electrons. The van der Waals surface area contributed by atoms with Crippen molar-refractivity contribution in [2.45, 2.75) is 31.4 Å². The molecule has 2 aromatic carbocycles. The van der Waals surface area contributed by atoms with Gasteiger partial charge in [0, 0.05) is 24.1 Å². The highest BCUT2D eigenvalue weighted by atomic mass is 79.9. The topological polar surface area (TPSA) is 69.6 Å². The SMILES string of the molecule is O=[N+]([O-])c1ccc(C2(O)C[N+]3=C(CCCCC3)N2c2ccccc2)cc1.[Br-]. The molecule has 0 aliphatic carbocycles. The number of para-hydroxylation sites is 1. The van der Waals surface area contributed by atoms with Crippen molar-refractivity contribution >= 4 is 17.2 Å². The fraction of sp³-hybridized carbons (Fsp3) is 0.350. The van der Waals surface area contributed by atoms with Crippen LogP contribution in [0.2, 0.25) is 0 Å². The van der Waals surface area contributed by atoms with Crippen LogP contribution >= 0.6 is 0 Å². The zero-order chi connectivity index (χ0) is 18.1. The Kier molecular flexibility index (Phi) is 5.62. The van der Waals surface area contributed by atoms with Gasteiger partial charge >= 0.3 is 0 Å². The third-order valence-corrected chi connectivity index (χ3v) is 5.29. The molecule has 0 aromatic heterocycles. The van der Waals surface area contributed by atoms with Gasteiger partial charge in [0.2, 0.25) is 0 Å². The third kappa shape index (κ3) is 3.49. The summed E-state index contributed by atoms with van der Waals surface area (Å²) in [7, 11) is 0. The third-order valence-electron chi connectivity index (χ3n) is 5.29. The van der Waals surface area contributed by atoms with Gasteiger partial charge in [0.05, 0.1) is 11.5 Å². The maximum Gasteiger partial charge on any atom is 0.275 e. The molecular weight excluding hydrogens is 410 g/mol. The molecule has 4 rings (SSSR count). The van der Waals surface area contributed by atoms with Crippen molar-refractivity contribution < 1.29 is 31.6 Å². The van der Waals surface area contributed by atoms with Crippen molar-refractivity contribution in [3.05, 3.63) is 70.3 Å². The first kappa shape index (κ1) is 19.5. The van der Waals surface area contributed by atoms with E-state index >= 15 is 0 Å². The largest absolute Gasteiger partial charge is 1.00 e. The number of amidine groups is 1. The van der Waals surface area contributed by atoms with Crippen molar-refractivity contribution in [2.75, 3.05) is 18.0 Å². The standard InChI is InChI=1S/C20H22N3O3.BrH/c24-20(16-10-12-18(13-11-16)23(25)26)15-21-14-6-2-5-9-19(21)22(20)17-7-3-1-4-8-17;/h1,3-4,7-8,10-13,24H,2,5-6,9,14-15H2;1H/q+1;/p-1. The van der Waals surface area contributed by atoms with E-state index in [-0.39, 0.29) is 22.7 Å². The molecule has 0 bridgehead atoms. The van der Waals surface area contributed by atoms with Crippen LogP contribution in [0.5, 0.6) is 0 Å². The Hall–Kier alpha value is -2.25. The molecule has 2 heterocycles. The molecule has 0 fully saturated rings. The Bertz CT molecular complexity index is 855. The lowest BCUT2D eigenvalue weighted by Gasteiger charge is -2.29. The fourth-order valence-electron chi connectivity index (χ4n) is 4.03. The number of hydrogen-bond acceptors (Lipinski definition) is 4. The van der Waals surface area contributed by atoms with Crippen LogP contribution in [0.25, 0.3) is 0 Å². The van der Waals surface area contributed by atoms with Crippen LogP contribution in [0, 0.1) is 10.1 Å². The minimum absolute atomic E-state index is 0. The Labute approximate surface area is 168 Å². The molecule has 0 radical (unpaired) electrons. The number of non-ortho nitro benzene ring substituents is 1. The van der Waals surface area contributed by atoms with Crippen molar-refractivity contribution in [3.63, 3.8) is 0 Å². The van der Waals surface area contributed by atoms with E-state index in [0.717, 1.165) is 37.3 Å². The summed E-state index contributed by atoms with van der Waals surface area (Å²) in [4.78, 5) is 12.6. The van der Waals surface area contributed by atoms with Gasteiger partial charge in [0.1, 0.15) is 5.69 Å². The molecule has 0 amide bonds. The summed E-state index contributed by atoms with van der Waals surface area (Å²) >= 11 is 0. The summed E-state index contributed by atoms with van der Waals surface area (Å²) in [5.41, 5.74) is 0.410. The molecule has 1 atom stereocenters. The first-order chi connectivity index (χ1) is 12.6. The molecule has 27 heavy (non-hydrogen) atoms. The van der Waals surface area contributed by atoms with Gasteiger partial charge in [-0.25, -0.2) is 0 Å². The summed E-state index contributed by atoms with van der Waals surface area (Å²) in [5, 5.41) is 22.7. The van der Waals surface area contributed by atoms with E-state index in [1.807, 2.05) is 35.2 Å². The number of nitro benzene ring substituents is 1. The molecule has 7 heteroatoms. The molecule has 2 aromatic rings. The van der Waals surface area contributed by atoms with Crippen molar-refractivity contribution in [3.8, 4) is 0 Å². The highest BCUT2D eigenvalue weighted by Gasteiger charge is 2.54. The molecular formula is C20H22BrN3O3. The minimum Gasteiger partial charge on any atom is -1.00 e. The normalized spacial score (nSPS) is 22.0. The predicted octanol–water partition coefficient (Wildman–Crippen LogP) is 0.249. The number of nitro groups is 1. The Morgan fingerprint density at radius 2 is 1.74 bits per heavy atom. The lowest BCUT2D eigenvalue weighted by molar-refractivity contribution is -0.534. The van der Waals surface area contributed by atoms with E-state index < -0.39 is 10.6 Å². The molecule has 1 N–H and O–H groups in total. The first-order valence-corrected chi connectivity index (χ1v) is 9.03. The van der Waals surface area contributed by atoms with Crippen molar-refractivity contribution in [1.82, 2.24) is 0 Å². The molecule has 0 spiro atoms. The van der Waals surface area contributed by atoms with Gasteiger partial charge in [-0.1, -0.05) is 18.2 Å². The number of hydrogen-bond donors (Lipinski definition) is 1. The predicted molar refractivity (Wildman–Crippen MR) is 99.4 cm³/mol. The van der Waals surface area contributed by atoms with Gasteiger partial charge in [0.25, 0.3) is 17.2 Å². The number of halogens is 1. The zero-order valence-electron chi connectivity index (χ0n) is 14.9. The average molecular weight is 432 g/mol. The Balaban J connectivity index is 0.00000210. The second-order valence-electron chi connectivity index (χ2n) is 6.94. The highest BCUT2D eigenvalue weighted by molar-refractivity contribution is 5.97. The second-order valence-corrected chi connectivity index (χ2v) is 6.94. The van der Waals surface area contributed by atoms with E-state index in [1.165, 1.54) is 18.6 Å². The smallest absolute Gasteiger partial charge is 0.275 e. The van der Waals surface area contributed by atoms with E-state index in [1.54, 1.807) is 12.1 Å². The summed E-state index contributed by atoms with van der Waals surface area (Å²) in [6.45, 7) is 1.39. The van der Waals surface area contributed by atoms with Gasteiger partial charge in [-0.05, 0) is 43.5 Å². The molecule has 2 aliphatic rings. The minimum atomic E-state index is -1.23. The summed E-state index contributed by atoms with van der Waals surface area (Å²) < 4.78 is 2.27. The lowest BCUT2D eigenvalue weighted by Crippen LogP contribution is -3.00. The molecule has 1 unspecified atom stereocenters. The highest BCUT2D eigenvalue weighted by Crippen LogP contribution is 2.38. The van der Waals surface area contributed by atoms with Gasteiger partial charge < -0.3 is 22.1 Å². The monoisotopic (exact) mass is 431 g/mol. The molecule has 0 saturated carbocycles. The van der Waals surface area contributed by atoms with Crippen LogP contribution in [0.4, 0.5) is 11.4 Å². The van der Waals surface area contributed by atoms with Crippen LogP contribution in [-0.4, -0.2) is 33.5 Å². The van der Waals surface area contributed by atoms with E-state index in [2.05, 4.69) is 4.58 Å². The van der Waals surface area contributed by atoms with Crippen molar-refractivity contribution in [2.24, 2.45) is 0 Å². The lowest BCUT2D eigenvalue weighted by atomic mass is 9.99. The molecule has 0 saturated heterocycles. The van der Waals surface area contributed by atoms with Crippen LogP contribution in [0.15, 0.2) is 54.6 Å². The quantitative estimate of drug-likeness (QED) is 0.429. The maximum atomic E-state index is 11.7. The van der Waals surface area contributed by atoms with Gasteiger partial charge in [0.15, 0.2) is 6.54 Å². The van der Waals surface area contributed by atoms with Crippen LogP contribution < -0.4 is 21.9 Å². The molecule has 6 nitrogen and oxygen atoms in total. The number of benzene rings is 2. The Morgan fingerprint density at radius 1 is 1.04 bits per heavy atom. The summed E-state index contributed by atoms with van der Waals surface area (Å²) in [6.07, 6.45) is 4.33. The van der Waals surface area contributed by atoms with E-state index in [4.69, 9.17) is 0 Å². The van der Waals surface area contributed by atoms with Crippen LogP contribution in [0.1, 0.15) is 31.2 Å². The van der Waals surface area contributed by atoms with Crippen molar-refractivity contribution in [1.29, 1.82) is 0 Å². The van der Waals surface area contributed by atoms with Gasteiger partial charge in [-0.2, -0.15) is 4.90 Å². The zero-order valence-corrected chi connectivity index (χ0v) is 16.5. The number of rotatable bonds is 3. The number of anilines is 1. The van der Waals surface area contributed by atoms with Crippen LogP contribution in [-0.2, 0) is 5.72 Å². The Morgan fingerprint density at radius 3 is 2.41 bits per heavy atom. The average Bonchev–Trinajstić information content (AvgIpc) is 2.79. The summed E-state index contributed by atoms with van der Waals surface area (Å²) in [5.74, 6) is 1.13.